The van der Waals surface area contributed by atoms with Crippen LogP contribution in [0.2, 0.25) is 0 Å². The number of hydrogen-bond acceptors (Lipinski definition) is 7. The topological polar surface area (TPSA) is 72.8 Å². The van der Waals surface area contributed by atoms with Crippen LogP contribution in [-0.2, 0) is 5.75 Å². The molecule has 6 nitrogen and oxygen atoms in total. The quantitative estimate of drug-likeness (QED) is 0.253. The Kier molecular flexibility index (Phi) is 5.56. The molecule has 1 aliphatic rings. The van der Waals surface area contributed by atoms with Gasteiger partial charge in [-0.3, -0.25) is 4.79 Å². The molecule has 4 aromatic rings. The van der Waals surface area contributed by atoms with Gasteiger partial charge in [-0.2, -0.15) is 5.10 Å². The standard InChI is InChI=1S/C23H17N3O3S2/c27-22(26-24-12-16-7-10-19-20(11-16)29-14-28-19)17-8-5-15(6-9-17)13-30-23-25-18-3-1-2-4-21(18)31-23/h1-12H,13-14H2,(H,26,27). The maximum absolute atomic E-state index is 12.3. The normalized spacial score (nSPS) is 12.5. The summed E-state index contributed by atoms with van der Waals surface area (Å²) in [7, 11) is 0. The Hall–Kier alpha value is -3.36. The molecule has 8 heteroatoms. The predicted octanol–water partition coefficient (Wildman–Crippen LogP) is 5.08. The first-order valence-corrected chi connectivity index (χ1v) is 11.4. The number of hydrazone groups is 1. The highest BCUT2D eigenvalue weighted by molar-refractivity contribution is 8.00. The highest BCUT2D eigenvalue weighted by Crippen LogP contribution is 2.32. The van der Waals surface area contributed by atoms with Gasteiger partial charge in [0.1, 0.15) is 0 Å². The molecule has 0 bridgehead atoms. The number of benzene rings is 3. The van der Waals surface area contributed by atoms with Crippen molar-refractivity contribution in [2.75, 3.05) is 6.79 Å². The van der Waals surface area contributed by atoms with Crippen molar-refractivity contribution in [2.45, 2.75) is 10.1 Å². The number of thioether (sulfide) groups is 1. The van der Waals surface area contributed by atoms with E-state index in [1.165, 1.54) is 4.70 Å². The Morgan fingerprint density at radius 3 is 2.81 bits per heavy atom. The van der Waals surface area contributed by atoms with Crippen molar-refractivity contribution in [3.05, 3.63) is 83.4 Å². The molecule has 0 aliphatic carbocycles. The largest absolute Gasteiger partial charge is 0.454 e. The van der Waals surface area contributed by atoms with Gasteiger partial charge in [-0.1, -0.05) is 36.0 Å². The van der Waals surface area contributed by atoms with Crippen LogP contribution in [-0.4, -0.2) is 23.9 Å². The fourth-order valence-corrected chi connectivity index (χ4v) is 5.06. The Morgan fingerprint density at radius 1 is 1.10 bits per heavy atom. The molecule has 1 aromatic heterocycles. The molecule has 1 aliphatic heterocycles. The Morgan fingerprint density at radius 2 is 1.94 bits per heavy atom. The third-order valence-corrected chi connectivity index (χ3v) is 6.88. The molecule has 0 saturated carbocycles. The van der Waals surface area contributed by atoms with Gasteiger partial charge < -0.3 is 9.47 Å². The lowest BCUT2D eigenvalue weighted by Crippen LogP contribution is -2.17. The number of para-hydroxylation sites is 1. The molecule has 3 aromatic carbocycles. The van der Waals surface area contributed by atoms with Gasteiger partial charge in [0.25, 0.3) is 5.91 Å². The maximum Gasteiger partial charge on any atom is 0.271 e. The van der Waals surface area contributed by atoms with Gasteiger partial charge in [0.2, 0.25) is 6.79 Å². The van der Waals surface area contributed by atoms with E-state index in [0.717, 1.165) is 26.7 Å². The smallest absolute Gasteiger partial charge is 0.271 e. The number of thiazole rings is 1. The van der Waals surface area contributed by atoms with Crippen LogP contribution in [0.25, 0.3) is 10.2 Å². The number of rotatable bonds is 6. The number of ether oxygens (including phenoxy) is 2. The van der Waals surface area contributed by atoms with E-state index >= 15 is 0 Å². The van der Waals surface area contributed by atoms with Crippen molar-refractivity contribution < 1.29 is 14.3 Å². The van der Waals surface area contributed by atoms with Gasteiger partial charge in [0, 0.05) is 11.3 Å². The highest BCUT2D eigenvalue weighted by Gasteiger charge is 2.12. The molecule has 0 fully saturated rings. The fourth-order valence-electron chi connectivity index (χ4n) is 3.03. The van der Waals surface area contributed by atoms with Gasteiger partial charge in [0.15, 0.2) is 15.8 Å². The first-order chi connectivity index (χ1) is 15.2. The third-order valence-electron chi connectivity index (χ3n) is 4.63. The summed E-state index contributed by atoms with van der Waals surface area (Å²) in [5.74, 6) is 1.92. The summed E-state index contributed by atoms with van der Waals surface area (Å²) in [6.07, 6.45) is 1.57. The first-order valence-electron chi connectivity index (χ1n) is 9.55. The van der Waals surface area contributed by atoms with Crippen LogP contribution in [0.5, 0.6) is 11.5 Å². The summed E-state index contributed by atoms with van der Waals surface area (Å²) in [6, 6.07) is 21.1. The molecule has 0 radical (unpaired) electrons. The second kappa shape index (κ2) is 8.79. The predicted molar refractivity (Wildman–Crippen MR) is 123 cm³/mol. The molecule has 0 unspecified atom stereocenters. The molecule has 5 rings (SSSR count). The zero-order valence-electron chi connectivity index (χ0n) is 16.3. The summed E-state index contributed by atoms with van der Waals surface area (Å²) in [5, 5.41) is 4.03. The second-order valence-electron chi connectivity index (χ2n) is 6.74. The van der Waals surface area contributed by atoms with Crippen LogP contribution in [0.3, 0.4) is 0 Å². The van der Waals surface area contributed by atoms with Crippen LogP contribution in [0.4, 0.5) is 0 Å². The molecular formula is C23H17N3O3S2. The average Bonchev–Trinajstić information content (AvgIpc) is 3.44. The third kappa shape index (κ3) is 4.55. The average molecular weight is 448 g/mol. The molecule has 154 valence electrons. The number of aromatic nitrogens is 1. The highest BCUT2D eigenvalue weighted by atomic mass is 32.2. The number of carbonyl (C=O) groups excluding carboxylic acids is 1. The van der Waals surface area contributed by atoms with Gasteiger partial charge >= 0.3 is 0 Å². The first kappa shape index (κ1) is 19.6. The van der Waals surface area contributed by atoms with Gasteiger partial charge in [0.05, 0.1) is 16.4 Å². The van der Waals surface area contributed by atoms with Crippen LogP contribution >= 0.6 is 23.1 Å². The maximum atomic E-state index is 12.3. The molecular weight excluding hydrogens is 430 g/mol. The number of amides is 1. The van der Waals surface area contributed by atoms with Crippen LogP contribution in [0.1, 0.15) is 21.5 Å². The number of nitrogens with zero attached hydrogens (tertiary/aromatic N) is 2. The van der Waals surface area contributed by atoms with Crippen molar-refractivity contribution in [3.63, 3.8) is 0 Å². The van der Waals surface area contributed by atoms with Crippen LogP contribution in [0.15, 0.2) is 76.2 Å². The van der Waals surface area contributed by atoms with Gasteiger partial charge in [-0.05, 0) is 53.6 Å². The molecule has 1 amide bonds. The Labute approximate surface area is 186 Å². The molecule has 2 heterocycles. The van der Waals surface area contributed by atoms with E-state index in [1.807, 2.05) is 48.5 Å². The summed E-state index contributed by atoms with van der Waals surface area (Å²) in [6.45, 7) is 0.224. The van der Waals surface area contributed by atoms with E-state index < -0.39 is 0 Å². The molecule has 1 N–H and O–H groups in total. The Balaban J connectivity index is 1.16. The zero-order chi connectivity index (χ0) is 21.0. The van der Waals surface area contributed by atoms with Crippen molar-refractivity contribution in [1.29, 1.82) is 0 Å². The van der Waals surface area contributed by atoms with Crippen LogP contribution < -0.4 is 14.9 Å². The number of nitrogens with one attached hydrogen (secondary N) is 1. The van der Waals surface area contributed by atoms with Gasteiger partial charge in [-0.15, -0.1) is 11.3 Å². The lowest BCUT2D eigenvalue weighted by atomic mass is 10.1. The summed E-state index contributed by atoms with van der Waals surface area (Å²) in [5.41, 5.74) is 6.08. The van der Waals surface area contributed by atoms with Crippen LogP contribution in [0, 0.1) is 0 Å². The molecule has 0 spiro atoms. The van der Waals surface area contributed by atoms with Crippen molar-refractivity contribution in [3.8, 4) is 11.5 Å². The minimum absolute atomic E-state index is 0.224. The zero-order valence-corrected chi connectivity index (χ0v) is 17.9. The minimum atomic E-state index is -0.262. The van der Waals surface area contributed by atoms with E-state index in [-0.39, 0.29) is 12.7 Å². The summed E-state index contributed by atoms with van der Waals surface area (Å²) in [4.78, 5) is 17.0. The van der Waals surface area contributed by atoms with E-state index in [0.29, 0.717) is 17.1 Å². The Bertz CT molecular complexity index is 1240. The van der Waals surface area contributed by atoms with Gasteiger partial charge in [-0.25, -0.2) is 10.4 Å². The SMILES string of the molecule is O=C(NN=Cc1ccc2c(c1)OCO2)c1ccc(CSc2nc3ccccc3s2)cc1. The van der Waals surface area contributed by atoms with E-state index in [9.17, 15) is 4.79 Å². The van der Waals surface area contributed by atoms with E-state index in [2.05, 4.69) is 21.6 Å². The lowest BCUT2D eigenvalue weighted by molar-refractivity contribution is 0.0955. The monoisotopic (exact) mass is 447 g/mol. The number of carbonyl (C=O) groups is 1. The molecule has 0 atom stereocenters. The van der Waals surface area contributed by atoms with E-state index in [1.54, 1.807) is 41.4 Å². The van der Waals surface area contributed by atoms with Crippen molar-refractivity contribution in [1.82, 2.24) is 10.4 Å². The number of hydrogen-bond donors (Lipinski definition) is 1. The van der Waals surface area contributed by atoms with Crippen molar-refractivity contribution in [2.24, 2.45) is 5.10 Å². The fraction of sp³-hybridized carbons (Fsp3) is 0.0870. The van der Waals surface area contributed by atoms with E-state index in [4.69, 9.17) is 9.47 Å². The van der Waals surface area contributed by atoms with Crippen molar-refractivity contribution >= 4 is 45.4 Å². The summed E-state index contributed by atoms with van der Waals surface area (Å²) >= 11 is 3.39. The number of fused-ring (bicyclic) bond motifs is 2. The second-order valence-corrected chi connectivity index (χ2v) is 9.00. The molecule has 0 saturated heterocycles. The molecule has 31 heavy (non-hydrogen) atoms. The minimum Gasteiger partial charge on any atom is -0.454 e. The summed E-state index contributed by atoms with van der Waals surface area (Å²) < 4.78 is 12.8. The lowest BCUT2D eigenvalue weighted by Gasteiger charge is -2.03.